The lowest BCUT2D eigenvalue weighted by molar-refractivity contribution is -0.921. The Kier molecular flexibility index (Phi) is 4.46. The summed E-state index contributed by atoms with van der Waals surface area (Å²) in [7, 11) is -1.33. The van der Waals surface area contributed by atoms with Gasteiger partial charge in [-0.05, 0) is 17.5 Å². The molecular weight excluding hydrogens is 352 g/mol. The van der Waals surface area contributed by atoms with Crippen molar-refractivity contribution in [1.82, 2.24) is 0 Å². The Morgan fingerprint density at radius 2 is 2.00 bits per heavy atom. The van der Waals surface area contributed by atoms with Crippen molar-refractivity contribution in [3.8, 4) is 0 Å². The molecule has 7 heteroatoms. The Balaban J connectivity index is 1.64. The van der Waals surface area contributed by atoms with Gasteiger partial charge in [0.05, 0.1) is 23.6 Å². The average Bonchev–Trinajstić information content (AvgIpc) is 3.12. The molecule has 1 saturated heterocycles. The van der Waals surface area contributed by atoms with Gasteiger partial charge in [0.15, 0.2) is 16.5 Å². The molecule has 2 heterocycles. The van der Waals surface area contributed by atoms with Gasteiger partial charge in [0, 0.05) is 18.9 Å². The maximum absolute atomic E-state index is 13.0. The van der Waals surface area contributed by atoms with E-state index in [1.165, 1.54) is 0 Å². The summed E-state index contributed by atoms with van der Waals surface area (Å²) in [6.07, 6.45) is 0.639. The summed E-state index contributed by atoms with van der Waals surface area (Å²) in [5.74, 6) is 0.413. The average molecular weight is 375 g/mol. The molecule has 1 unspecified atom stereocenters. The highest BCUT2D eigenvalue weighted by atomic mass is 32.2. The number of carbonyl (C=O) groups excluding carboxylic acids is 1. The molecule has 0 aromatic heterocycles. The van der Waals surface area contributed by atoms with E-state index in [-0.39, 0.29) is 23.5 Å². The van der Waals surface area contributed by atoms with Crippen LogP contribution in [0, 0.1) is 0 Å². The summed E-state index contributed by atoms with van der Waals surface area (Å²) in [6.45, 7) is 1.66. The number of rotatable bonds is 6. The van der Waals surface area contributed by atoms with Crippen LogP contribution < -0.4 is 9.80 Å². The second kappa shape index (κ2) is 6.64. The molecule has 1 N–H and O–H groups in total. The molecule has 0 bridgehead atoms. The number of hydrogen-bond acceptors (Lipinski definition) is 4. The zero-order valence-corrected chi connectivity index (χ0v) is 15.6. The lowest BCUT2D eigenvalue weighted by atomic mass is 10.1. The number of nitrogens with zero attached hydrogens (tertiary/aromatic N) is 1. The minimum atomic E-state index is -2.97. The first-order valence-corrected chi connectivity index (χ1v) is 10.7. The largest absolute Gasteiger partial charge is 0.379 e. The number of carbonyl (C=O) groups is 1. The van der Waals surface area contributed by atoms with Crippen LogP contribution in [0.2, 0.25) is 0 Å². The van der Waals surface area contributed by atoms with Gasteiger partial charge in [-0.15, -0.1) is 0 Å². The number of ether oxygens (including phenoxy) is 1. The molecule has 138 valence electrons. The second-order valence-electron chi connectivity index (χ2n) is 7.07. The van der Waals surface area contributed by atoms with Crippen LogP contribution in [0.3, 0.4) is 0 Å². The van der Waals surface area contributed by atoms with E-state index < -0.39 is 9.84 Å². The first kappa shape index (κ1) is 17.5. The fourth-order valence-electron chi connectivity index (χ4n) is 4.10. The first-order valence-electron chi connectivity index (χ1n) is 8.88. The van der Waals surface area contributed by atoms with Crippen molar-refractivity contribution in [3.05, 3.63) is 42.0 Å². The number of hydrogen-bond donors (Lipinski definition) is 1. The second-order valence-corrected chi connectivity index (χ2v) is 9.30. The molecule has 0 radical (unpaired) electrons. The van der Waals surface area contributed by atoms with Crippen molar-refractivity contribution in [1.29, 1.82) is 0 Å². The molecule has 2 atom stereocenters. The van der Waals surface area contributed by atoms with Crippen LogP contribution in [0.5, 0.6) is 0 Å². The van der Waals surface area contributed by atoms with Crippen molar-refractivity contribution in [2.45, 2.75) is 12.5 Å². The molecule has 0 saturated carbocycles. The Bertz CT molecular complexity index is 952. The van der Waals surface area contributed by atoms with Gasteiger partial charge in [-0.1, -0.05) is 24.3 Å². The molecule has 0 aliphatic carbocycles. The summed E-state index contributed by atoms with van der Waals surface area (Å²) >= 11 is 0. The number of sulfone groups is 1. The third kappa shape index (κ3) is 3.00. The van der Waals surface area contributed by atoms with Crippen LogP contribution in [0.1, 0.15) is 16.8 Å². The van der Waals surface area contributed by atoms with Crippen LogP contribution in [0.4, 0.5) is 5.69 Å². The highest BCUT2D eigenvalue weighted by molar-refractivity contribution is 7.91. The van der Waals surface area contributed by atoms with Gasteiger partial charge in [-0.25, -0.2) is 8.42 Å². The van der Waals surface area contributed by atoms with Gasteiger partial charge in [-0.3, -0.25) is 9.69 Å². The van der Waals surface area contributed by atoms with Crippen molar-refractivity contribution >= 4 is 32.2 Å². The monoisotopic (exact) mass is 375 g/mol. The van der Waals surface area contributed by atoms with Crippen LogP contribution >= 0.6 is 0 Å². The number of benzene rings is 2. The van der Waals surface area contributed by atoms with E-state index in [0.717, 1.165) is 26.9 Å². The van der Waals surface area contributed by atoms with E-state index in [0.29, 0.717) is 26.2 Å². The maximum Gasteiger partial charge on any atom is 0.263 e. The topological polar surface area (TPSA) is 68.1 Å². The zero-order chi connectivity index (χ0) is 18.3. The van der Waals surface area contributed by atoms with Crippen molar-refractivity contribution in [2.75, 3.05) is 43.3 Å². The minimum Gasteiger partial charge on any atom is -0.379 e. The molecular formula is C19H23N2O4S+. The summed E-state index contributed by atoms with van der Waals surface area (Å²) < 4.78 is 29.1. The number of amides is 1. The van der Waals surface area contributed by atoms with Gasteiger partial charge in [0.1, 0.15) is 18.3 Å². The molecule has 1 amide bonds. The summed E-state index contributed by atoms with van der Waals surface area (Å²) in [4.78, 5) is 15.9. The number of anilines is 1. The van der Waals surface area contributed by atoms with E-state index in [2.05, 4.69) is 0 Å². The molecule has 2 aliphatic heterocycles. The number of methoxy groups -OCH3 is 1. The van der Waals surface area contributed by atoms with Crippen LogP contribution in [-0.4, -0.2) is 58.8 Å². The van der Waals surface area contributed by atoms with Gasteiger partial charge in [-0.2, -0.15) is 0 Å². The fourth-order valence-corrected chi connectivity index (χ4v) is 5.93. The highest BCUT2D eigenvalue weighted by Crippen LogP contribution is 2.36. The molecule has 26 heavy (non-hydrogen) atoms. The van der Waals surface area contributed by atoms with Gasteiger partial charge < -0.3 is 9.64 Å². The third-order valence-electron chi connectivity index (χ3n) is 5.45. The molecule has 2 aromatic rings. The SMILES string of the molecule is COCC[NH+](CN1C(=O)c2cccc3cccc1c23)[C@H]1CCS(=O)(=O)C1. The van der Waals surface area contributed by atoms with E-state index in [1.807, 2.05) is 36.4 Å². The van der Waals surface area contributed by atoms with Crippen LogP contribution in [0.25, 0.3) is 10.8 Å². The standard InChI is InChI=1S/C19H22N2O4S/c1-25-10-9-20(15-8-11-26(23,24)12-15)13-21-17-7-3-5-14-4-2-6-16(18(14)17)19(21)22/h2-7,15H,8-13H2,1H3/p+1/t15-/m0/s1. The third-order valence-corrected chi connectivity index (χ3v) is 7.22. The highest BCUT2D eigenvalue weighted by Gasteiger charge is 2.39. The Hall–Kier alpha value is -1.96. The smallest absolute Gasteiger partial charge is 0.263 e. The molecule has 2 aliphatic rings. The lowest BCUT2D eigenvalue weighted by Crippen LogP contribution is -3.18. The molecule has 0 spiro atoms. The van der Waals surface area contributed by atoms with Gasteiger partial charge in [0.2, 0.25) is 0 Å². The Morgan fingerprint density at radius 3 is 2.69 bits per heavy atom. The predicted molar refractivity (Wildman–Crippen MR) is 100 cm³/mol. The molecule has 2 aromatic carbocycles. The normalized spacial score (nSPS) is 22.3. The van der Waals surface area contributed by atoms with Crippen molar-refractivity contribution < 1.29 is 22.8 Å². The van der Waals surface area contributed by atoms with Crippen LogP contribution in [-0.2, 0) is 14.6 Å². The number of quaternary nitrogens is 1. The van der Waals surface area contributed by atoms with E-state index in [1.54, 1.807) is 12.0 Å². The van der Waals surface area contributed by atoms with E-state index in [4.69, 9.17) is 4.74 Å². The van der Waals surface area contributed by atoms with Crippen LogP contribution in [0.15, 0.2) is 36.4 Å². The lowest BCUT2D eigenvalue weighted by Gasteiger charge is -2.29. The summed E-state index contributed by atoms with van der Waals surface area (Å²) in [5.41, 5.74) is 1.64. The summed E-state index contributed by atoms with van der Waals surface area (Å²) in [6, 6.07) is 11.7. The van der Waals surface area contributed by atoms with Crippen molar-refractivity contribution in [3.63, 3.8) is 0 Å². The predicted octanol–water partition coefficient (Wildman–Crippen LogP) is 0.476. The molecule has 4 rings (SSSR count). The molecule has 1 fully saturated rings. The zero-order valence-electron chi connectivity index (χ0n) is 14.8. The van der Waals surface area contributed by atoms with E-state index in [9.17, 15) is 13.2 Å². The summed E-state index contributed by atoms with van der Waals surface area (Å²) in [5, 5.41) is 2.04. The molecule has 6 nitrogen and oxygen atoms in total. The first-order chi connectivity index (χ1) is 12.5. The Labute approximate surface area is 153 Å². The fraction of sp³-hybridized carbons (Fsp3) is 0.421. The van der Waals surface area contributed by atoms with E-state index >= 15 is 0 Å². The maximum atomic E-state index is 13.0. The quantitative estimate of drug-likeness (QED) is 0.797. The minimum absolute atomic E-state index is 0.00543. The van der Waals surface area contributed by atoms with Gasteiger partial charge >= 0.3 is 0 Å². The van der Waals surface area contributed by atoms with Gasteiger partial charge in [0.25, 0.3) is 5.91 Å². The van der Waals surface area contributed by atoms with Crippen molar-refractivity contribution in [2.24, 2.45) is 0 Å². The Morgan fingerprint density at radius 1 is 1.23 bits per heavy atom. The number of nitrogens with one attached hydrogen (secondary N) is 1.